The summed E-state index contributed by atoms with van der Waals surface area (Å²) in [6, 6.07) is 3.52. The van der Waals surface area contributed by atoms with Crippen molar-refractivity contribution in [2.24, 2.45) is 9.94 Å². The molecule has 1 heterocycles. The molecule has 0 aromatic heterocycles. The number of halogens is 1. The monoisotopic (exact) mass is 549 g/mol. The summed E-state index contributed by atoms with van der Waals surface area (Å²) in [5.41, 5.74) is 1.53. The molecule has 0 saturated carbocycles. The second kappa shape index (κ2) is 11.4. The number of phenolic OH excluding ortho intramolecular Hbond substituents is 1. The van der Waals surface area contributed by atoms with Crippen molar-refractivity contribution < 1.29 is 14.7 Å². The van der Waals surface area contributed by atoms with Gasteiger partial charge in [-0.2, -0.15) is 4.02 Å². The molecular formula is C28H44BrN3O3. The lowest BCUT2D eigenvalue weighted by molar-refractivity contribution is -0.130. The van der Waals surface area contributed by atoms with Gasteiger partial charge < -0.3 is 14.9 Å². The van der Waals surface area contributed by atoms with Crippen LogP contribution in [0.2, 0.25) is 0 Å². The lowest BCUT2D eigenvalue weighted by Crippen LogP contribution is -2.47. The van der Waals surface area contributed by atoms with Gasteiger partial charge in [0.15, 0.2) is 5.78 Å². The molecule has 1 aromatic rings. The van der Waals surface area contributed by atoms with E-state index >= 15 is 0 Å². The lowest BCUT2D eigenvalue weighted by Gasteiger charge is -2.32. The average Bonchev–Trinajstić information content (AvgIpc) is 3.14. The number of rotatable bonds is 8. The van der Waals surface area contributed by atoms with Crippen LogP contribution in [0.3, 0.4) is 0 Å². The van der Waals surface area contributed by atoms with E-state index in [1.165, 1.54) is 0 Å². The van der Waals surface area contributed by atoms with Crippen LogP contribution in [-0.4, -0.2) is 58.1 Å². The highest BCUT2D eigenvalue weighted by atomic mass is 79.9. The quantitative estimate of drug-likeness (QED) is 0.389. The van der Waals surface area contributed by atoms with Crippen molar-refractivity contribution in [1.82, 2.24) is 9.80 Å². The summed E-state index contributed by atoms with van der Waals surface area (Å²) in [7, 11) is 0. The van der Waals surface area contributed by atoms with E-state index in [0.29, 0.717) is 24.6 Å². The first-order chi connectivity index (χ1) is 16.1. The molecule has 1 fully saturated rings. The number of ketones is 1. The van der Waals surface area contributed by atoms with E-state index in [1.807, 2.05) is 63.5 Å². The highest BCUT2D eigenvalue weighted by molar-refractivity contribution is 9.08. The van der Waals surface area contributed by atoms with Crippen LogP contribution in [0.5, 0.6) is 5.75 Å². The summed E-state index contributed by atoms with van der Waals surface area (Å²) in [6.07, 6.45) is 2.78. The molecule has 0 spiro atoms. The molecule has 1 atom stereocenters. The van der Waals surface area contributed by atoms with Crippen LogP contribution >= 0.6 is 16.1 Å². The molecule has 1 saturated heterocycles. The standard InChI is InChI=1S/C28H44BrN3O3/c1-10-19(11-2)16-32(18(3)33)23-12-13-31(26(23)30-29)17-24(34)20-14-21(27(4,5)6)25(35)22(15-20)28(7,8)9/h14-15,19,23,35H,10-13,16-17H2,1-9H3. The Morgan fingerprint density at radius 2 is 1.63 bits per heavy atom. The third kappa shape index (κ3) is 6.87. The summed E-state index contributed by atoms with van der Waals surface area (Å²) in [5, 5.41) is 11.0. The Kier molecular flexibility index (Phi) is 9.59. The first kappa shape index (κ1) is 29.3. The Morgan fingerprint density at radius 3 is 2.03 bits per heavy atom. The molecule has 2 rings (SSSR count). The summed E-state index contributed by atoms with van der Waals surface area (Å²) >= 11 is 3.27. The zero-order chi connectivity index (χ0) is 26.7. The van der Waals surface area contributed by atoms with Gasteiger partial charge in [-0.3, -0.25) is 9.59 Å². The largest absolute Gasteiger partial charge is 0.507 e. The number of nitrogens with zero attached hydrogens (tertiary/aromatic N) is 3. The van der Waals surface area contributed by atoms with Gasteiger partial charge in [0, 0.05) is 36.7 Å². The zero-order valence-electron chi connectivity index (χ0n) is 23.0. The van der Waals surface area contributed by atoms with E-state index in [9.17, 15) is 14.7 Å². The summed E-state index contributed by atoms with van der Waals surface area (Å²) in [6.45, 7) is 19.7. The molecular weight excluding hydrogens is 506 g/mol. The Bertz CT molecular complexity index is 920. The first-order valence-corrected chi connectivity index (χ1v) is 13.5. The molecule has 0 bridgehead atoms. The number of carbonyl (C=O) groups is 2. The van der Waals surface area contributed by atoms with E-state index in [2.05, 4.69) is 34.0 Å². The molecule has 1 unspecified atom stereocenters. The van der Waals surface area contributed by atoms with E-state index in [1.54, 1.807) is 6.92 Å². The van der Waals surface area contributed by atoms with Crippen molar-refractivity contribution in [2.75, 3.05) is 19.6 Å². The van der Waals surface area contributed by atoms with E-state index in [0.717, 1.165) is 36.2 Å². The SMILES string of the molecule is CCC(CC)CN(C(C)=O)C1CCN(CC(=O)c2cc(C(C)(C)C)c(O)c(C(C)(C)C)c2)C1=NBr. The highest BCUT2D eigenvalue weighted by Gasteiger charge is 2.37. The number of benzene rings is 1. The molecule has 35 heavy (non-hydrogen) atoms. The number of aromatic hydroxyl groups is 1. The van der Waals surface area contributed by atoms with Crippen molar-refractivity contribution in [3.63, 3.8) is 0 Å². The summed E-state index contributed by atoms with van der Waals surface area (Å²) in [4.78, 5) is 30.0. The normalized spacial score (nSPS) is 18.0. The van der Waals surface area contributed by atoms with Crippen molar-refractivity contribution >= 4 is 33.7 Å². The predicted molar refractivity (Wildman–Crippen MR) is 148 cm³/mol. The molecule has 0 radical (unpaired) electrons. The second-order valence-electron chi connectivity index (χ2n) is 11.9. The third-order valence-corrected chi connectivity index (χ3v) is 7.52. The fraction of sp³-hybridized carbons (Fsp3) is 0.679. The number of Topliss-reactive ketones (excluding diaryl/α,β-unsaturated/α-hetero) is 1. The van der Waals surface area contributed by atoms with Crippen LogP contribution in [0.25, 0.3) is 0 Å². The molecule has 7 heteroatoms. The minimum atomic E-state index is -0.307. The number of phenols is 1. The van der Waals surface area contributed by atoms with E-state index in [4.69, 9.17) is 0 Å². The number of hydrogen-bond acceptors (Lipinski definition) is 4. The molecule has 1 N–H and O–H groups in total. The molecule has 6 nitrogen and oxygen atoms in total. The van der Waals surface area contributed by atoms with Crippen molar-refractivity contribution in [2.45, 2.75) is 98.4 Å². The van der Waals surface area contributed by atoms with Crippen LogP contribution in [0.1, 0.15) is 103 Å². The zero-order valence-corrected chi connectivity index (χ0v) is 24.6. The van der Waals surface area contributed by atoms with Gasteiger partial charge in [-0.1, -0.05) is 68.2 Å². The number of hydrogen-bond donors (Lipinski definition) is 1. The second-order valence-corrected chi connectivity index (χ2v) is 12.2. The lowest BCUT2D eigenvalue weighted by atomic mass is 9.78. The minimum absolute atomic E-state index is 0.0235. The van der Waals surface area contributed by atoms with Crippen LogP contribution < -0.4 is 0 Å². The van der Waals surface area contributed by atoms with Gasteiger partial charge in [0.1, 0.15) is 11.6 Å². The Morgan fingerprint density at radius 1 is 1.11 bits per heavy atom. The Hall–Kier alpha value is -1.89. The number of amidine groups is 1. The topological polar surface area (TPSA) is 73.2 Å². The average molecular weight is 551 g/mol. The van der Waals surface area contributed by atoms with Gasteiger partial charge in [-0.05, 0) is 35.3 Å². The Labute approximate surface area is 220 Å². The highest BCUT2D eigenvalue weighted by Crippen LogP contribution is 2.40. The van der Waals surface area contributed by atoms with Crippen molar-refractivity contribution in [3.05, 3.63) is 28.8 Å². The van der Waals surface area contributed by atoms with E-state index in [-0.39, 0.29) is 40.9 Å². The Balaban J connectivity index is 2.36. The number of likely N-dealkylation sites (tertiary alicyclic amines) is 1. The van der Waals surface area contributed by atoms with Gasteiger partial charge in [-0.15, -0.1) is 0 Å². The van der Waals surface area contributed by atoms with Crippen LogP contribution in [-0.2, 0) is 15.6 Å². The third-order valence-electron chi connectivity index (χ3n) is 7.15. The molecule has 1 amide bonds. The van der Waals surface area contributed by atoms with Gasteiger partial charge in [0.2, 0.25) is 5.91 Å². The van der Waals surface area contributed by atoms with Gasteiger partial charge in [0.25, 0.3) is 0 Å². The molecule has 1 aromatic carbocycles. The molecule has 196 valence electrons. The summed E-state index contributed by atoms with van der Waals surface area (Å²) in [5.74, 6) is 1.45. The minimum Gasteiger partial charge on any atom is -0.507 e. The van der Waals surface area contributed by atoms with E-state index < -0.39 is 0 Å². The van der Waals surface area contributed by atoms with Crippen LogP contribution in [0.4, 0.5) is 0 Å². The van der Waals surface area contributed by atoms with Crippen LogP contribution in [0, 0.1) is 5.92 Å². The number of amides is 1. The maximum atomic E-state index is 13.5. The van der Waals surface area contributed by atoms with Crippen molar-refractivity contribution in [1.29, 1.82) is 0 Å². The summed E-state index contributed by atoms with van der Waals surface area (Å²) < 4.78 is 4.36. The fourth-order valence-corrected chi connectivity index (χ4v) is 5.26. The van der Waals surface area contributed by atoms with Gasteiger partial charge in [-0.25, -0.2) is 0 Å². The molecule has 0 aliphatic carbocycles. The smallest absolute Gasteiger partial charge is 0.220 e. The van der Waals surface area contributed by atoms with Crippen molar-refractivity contribution in [3.8, 4) is 5.75 Å². The van der Waals surface area contributed by atoms with Crippen LogP contribution in [0.15, 0.2) is 16.2 Å². The number of carbonyl (C=O) groups excluding carboxylic acids is 2. The molecule has 1 aliphatic heterocycles. The predicted octanol–water partition coefficient (Wildman–Crippen LogP) is 6.24. The maximum absolute atomic E-state index is 13.5. The maximum Gasteiger partial charge on any atom is 0.220 e. The van der Waals surface area contributed by atoms with Gasteiger partial charge >= 0.3 is 0 Å². The van der Waals surface area contributed by atoms with Gasteiger partial charge in [0.05, 0.1) is 28.7 Å². The fourth-order valence-electron chi connectivity index (χ4n) is 4.80. The first-order valence-electron chi connectivity index (χ1n) is 12.8. The molecule has 1 aliphatic rings.